The highest BCUT2D eigenvalue weighted by molar-refractivity contribution is 6.33. The van der Waals surface area contributed by atoms with Crippen LogP contribution >= 0.6 is 11.6 Å². The summed E-state index contributed by atoms with van der Waals surface area (Å²) in [6.07, 6.45) is 1.40. The first-order valence-corrected chi connectivity index (χ1v) is 8.31. The first-order chi connectivity index (χ1) is 11.1. The maximum absolute atomic E-state index is 11.7. The molecule has 23 heavy (non-hydrogen) atoms. The van der Waals surface area contributed by atoms with E-state index in [9.17, 15) is 4.79 Å². The van der Waals surface area contributed by atoms with Crippen molar-refractivity contribution in [3.63, 3.8) is 0 Å². The third-order valence-electron chi connectivity index (χ3n) is 3.65. The van der Waals surface area contributed by atoms with Gasteiger partial charge in [-0.15, -0.1) is 0 Å². The first kappa shape index (κ1) is 17.6. The van der Waals surface area contributed by atoms with Gasteiger partial charge in [-0.1, -0.05) is 30.7 Å². The van der Waals surface area contributed by atoms with Gasteiger partial charge < -0.3 is 15.1 Å². The van der Waals surface area contributed by atoms with E-state index >= 15 is 0 Å². The Morgan fingerprint density at radius 2 is 2.04 bits per heavy atom. The van der Waals surface area contributed by atoms with Crippen LogP contribution in [0.1, 0.15) is 32.4 Å². The maximum atomic E-state index is 11.7. The quantitative estimate of drug-likeness (QED) is 0.717. The monoisotopic (exact) mass is 334 g/mol. The SMILES string of the molecule is CCC(C)NC(=O)CCNCc1ccc(-c2ccccc2Cl)o1. The minimum atomic E-state index is 0.0723. The fraction of sp³-hybridized carbons (Fsp3) is 0.389. The normalized spacial score (nSPS) is 12.1. The Bertz CT molecular complexity index is 639. The largest absolute Gasteiger partial charge is 0.460 e. The number of nitrogens with one attached hydrogen (secondary N) is 2. The zero-order valence-electron chi connectivity index (χ0n) is 13.6. The molecule has 0 bridgehead atoms. The van der Waals surface area contributed by atoms with Gasteiger partial charge in [0.25, 0.3) is 0 Å². The van der Waals surface area contributed by atoms with Crippen LogP contribution < -0.4 is 10.6 Å². The standard InChI is InChI=1S/C18H23ClN2O2/c1-3-13(2)21-18(22)10-11-20-12-14-8-9-17(23-14)15-6-4-5-7-16(15)19/h4-9,13,20H,3,10-12H2,1-2H3,(H,21,22). The summed E-state index contributed by atoms with van der Waals surface area (Å²) in [7, 11) is 0. The van der Waals surface area contributed by atoms with Gasteiger partial charge in [-0.2, -0.15) is 0 Å². The van der Waals surface area contributed by atoms with E-state index in [-0.39, 0.29) is 11.9 Å². The Labute approximate surface area is 142 Å². The summed E-state index contributed by atoms with van der Waals surface area (Å²) in [5.41, 5.74) is 0.883. The predicted molar refractivity (Wildman–Crippen MR) is 93.4 cm³/mol. The second kappa shape index (κ2) is 8.75. The molecule has 0 radical (unpaired) electrons. The molecule has 0 saturated carbocycles. The molecule has 1 heterocycles. The van der Waals surface area contributed by atoms with Crippen molar-refractivity contribution in [1.82, 2.24) is 10.6 Å². The van der Waals surface area contributed by atoms with Crippen LogP contribution in [0, 0.1) is 0 Å². The molecule has 2 rings (SSSR count). The van der Waals surface area contributed by atoms with Crippen molar-refractivity contribution in [1.29, 1.82) is 0 Å². The molecule has 2 N–H and O–H groups in total. The Hall–Kier alpha value is -1.78. The molecule has 1 atom stereocenters. The average molecular weight is 335 g/mol. The fourth-order valence-corrected chi connectivity index (χ4v) is 2.37. The van der Waals surface area contributed by atoms with Gasteiger partial charge in [-0.3, -0.25) is 4.79 Å². The number of hydrogen-bond donors (Lipinski definition) is 2. The Kier molecular flexibility index (Phi) is 6.68. The van der Waals surface area contributed by atoms with Crippen LogP contribution in [0.4, 0.5) is 0 Å². The van der Waals surface area contributed by atoms with E-state index in [1.54, 1.807) is 0 Å². The third kappa shape index (κ3) is 5.41. The van der Waals surface area contributed by atoms with Crippen molar-refractivity contribution in [2.45, 2.75) is 39.3 Å². The molecular formula is C18H23ClN2O2. The van der Waals surface area contributed by atoms with Gasteiger partial charge in [0.2, 0.25) is 5.91 Å². The van der Waals surface area contributed by atoms with Crippen LogP contribution in [-0.2, 0) is 11.3 Å². The van der Waals surface area contributed by atoms with Gasteiger partial charge in [0, 0.05) is 24.6 Å². The number of hydrogen-bond acceptors (Lipinski definition) is 3. The molecule has 0 spiro atoms. The summed E-state index contributed by atoms with van der Waals surface area (Å²) >= 11 is 6.16. The molecule has 4 nitrogen and oxygen atoms in total. The molecular weight excluding hydrogens is 312 g/mol. The Morgan fingerprint density at radius 3 is 2.78 bits per heavy atom. The van der Waals surface area contributed by atoms with Crippen LogP contribution in [0.3, 0.4) is 0 Å². The highest BCUT2D eigenvalue weighted by Gasteiger charge is 2.08. The summed E-state index contributed by atoms with van der Waals surface area (Å²) in [6.45, 7) is 5.26. The van der Waals surface area contributed by atoms with Crippen LogP contribution in [0.25, 0.3) is 11.3 Å². The second-order valence-corrected chi connectivity index (χ2v) is 5.96. The highest BCUT2D eigenvalue weighted by atomic mass is 35.5. The molecule has 1 unspecified atom stereocenters. The third-order valence-corrected chi connectivity index (χ3v) is 3.98. The van der Waals surface area contributed by atoms with Gasteiger partial charge in [-0.25, -0.2) is 0 Å². The Balaban J connectivity index is 1.77. The fourth-order valence-electron chi connectivity index (χ4n) is 2.14. The summed E-state index contributed by atoms with van der Waals surface area (Å²) in [4.78, 5) is 11.7. The molecule has 2 aromatic rings. The molecule has 0 saturated heterocycles. The number of amides is 1. The molecule has 1 aromatic carbocycles. The summed E-state index contributed by atoms with van der Waals surface area (Å²) in [5, 5.41) is 6.83. The van der Waals surface area contributed by atoms with Gasteiger partial charge in [0.1, 0.15) is 11.5 Å². The molecule has 124 valence electrons. The smallest absolute Gasteiger partial charge is 0.221 e. The van der Waals surface area contributed by atoms with E-state index in [1.165, 1.54) is 0 Å². The minimum absolute atomic E-state index is 0.0723. The zero-order valence-corrected chi connectivity index (χ0v) is 14.3. The molecule has 1 aromatic heterocycles. The van der Waals surface area contributed by atoms with Crippen molar-refractivity contribution in [2.24, 2.45) is 0 Å². The molecule has 5 heteroatoms. The molecule has 1 amide bonds. The molecule has 0 fully saturated rings. The highest BCUT2D eigenvalue weighted by Crippen LogP contribution is 2.28. The van der Waals surface area contributed by atoms with Crippen LogP contribution in [-0.4, -0.2) is 18.5 Å². The molecule has 0 aliphatic heterocycles. The van der Waals surface area contributed by atoms with Crippen LogP contribution in [0.5, 0.6) is 0 Å². The number of carbonyl (C=O) groups excluding carboxylic acids is 1. The van der Waals surface area contributed by atoms with E-state index in [0.717, 1.165) is 23.5 Å². The number of carbonyl (C=O) groups is 1. The number of furan rings is 1. The first-order valence-electron chi connectivity index (χ1n) is 7.93. The minimum Gasteiger partial charge on any atom is -0.460 e. The van der Waals surface area contributed by atoms with Crippen molar-refractivity contribution < 1.29 is 9.21 Å². The number of benzene rings is 1. The van der Waals surface area contributed by atoms with Gasteiger partial charge in [0.15, 0.2) is 0 Å². The topological polar surface area (TPSA) is 54.3 Å². The van der Waals surface area contributed by atoms with Crippen molar-refractivity contribution >= 4 is 17.5 Å². The van der Waals surface area contributed by atoms with Gasteiger partial charge in [0.05, 0.1) is 11.6 Å². The van der Waals surface area contributed by atoms with Crippen molar-refractivity contribution in [3.8, 4) is 11.3 Å². The lowest BCUT2D eigenvalue weighted by Gasteiger charge is -2.11. The average Bonchev–Trinajstić information content (AvgIpc) is 3.00. The number of halogens is 1. The van der Waals surface area contributed by atoms with E-state index in [4.69, 9.17) is 16.0 Å². The summed E-state index contributed by atoms with van der Waals surface area (Å²) in [6, 6.07) is 11.6. The lowest BCUT2D eigenvalue weighted by atomic mass is 10.2. The predicted octanol–water partition coefficient (Wildman–Crippen LogP) is 3.99. The van der Waals surface area contributed by atoms with Crippen molar-refractivity contribution in [3.05, 3.63) is 47.2 Å². The van der Waals surface area contributed by atoms with E-state index in [1.807, 2.05) is 43.3 Å². The Morgan fingerprint density at radius 1 is 1.26 bits per heavy atom. The summed E-state index contributed by atoms with van der Waals surface area (Å²) < 4.78 is 5.79. The van der Waals surface area contributed by atoms with Crippen LogP contribution in [0.15, 0.2) is 40.8 Å². The lowest BCUT2D eigenvalue weighted by Crippen LogP contribution is -2.33. The lowest BCUT2D eigenvalue weighted by molar-refractivity contribution is -0.121. The molecule has 0 aliphatic rings. The van der Waals surface area contributed by atoms with Gasteiger partial charge >= 0.3 is 0 Å². The van der Waals surface area contributed by atoms with E-state index in [2.05, 4.69) is 17.6 Å². The van der Waals surface area contributed by atoms with Crippen molar-refractivity contribution in [2.75, 3.05) is 6.54 Å². The maximum Gasteiger partial charge on any atom is 0.221 e. The zero-order chi connectivity index (χ0) is 16.7. The van der Waals surface area contributed by atoms with E-state index < -0.39 is 0 Å². The summed E-state index contributed by atoms with van der Waals surface area (Å²) in [5.74, 6) is 1.65. The second-order valence-electron chi connectivity index (χ2n) is 5.55. The number of rotatable bonds is 8. The van der Waals surface area contributed by atoms with Crippen LogP contribution in [0.2, 0.25) is 5.02 Å². The van der Waals surface area contributed by atoms with E-state index in [0.29, 0.717) is 24.5 Å². The molecule has 0 aliphatic carbocycles. The van der Waals surface area contributed by atoms with Gasteiger partial charge in [-0.05, 0) is 37.6 Å².